The van der Waals surface area contributed by atoms with Crippen molar-refractivity contribution >= 4 is 56.5 Å². The minimum atomic E-state index is -4.27. The van der Waals surface area contributed by atoms with Gasteiger partial charge in [-0.05, 0) is 18.2 Å². The molecule has 2 rings (SSSR count). The molecule has 0 amide bonds. The van der Waals surface area contributed by atoms with E-state index in [1.807, 2.05) is 0 Å². The highest BCUT2D eigenvalue weighted by Crippen LogP contribution is 2.38. The molecule has 0 radical (unpaired) electrons. The van der Waals surface area contributed by atoms with E-state index >= 15 is 0 Å². The fourth-order valence-electron chi connectivity index (χ4n) is 2.04. The number of halogens is 3. The summed E-state index contributed by atoms with van der Waals surface area (Å²) in [6.07, 6.45) is 0. The second-order valence-corrected chi connectivity index (χ2v) is 7.73. The van der Waals surface area contributed by atoms with Crippen LogP contribution in [0.25, 0.3) is 0 Å². The second kappa shape index (κ2) is 7.79. The summed E-state index contributed by atoms with van der Waals surface area (Å²) in [5.41, 5.74) is -0.391. The van der Waals surface area contributed by atoms with Gasteiger partial charge in [0.15, 0.2) is 0 Å². The summed E-state index contributed by atoms with van der Waals surface area (Å²) in [7, 11) is -1.54. The molecular formula is C15H12Cl3NO6S. The highest BCUT2D eigenvalue weighted by Gasteiger charge is 2.24. The number of carboxylic acids is 1. The number of carboxylic acid groups (broad SMARTS) is 1. The van der Waals surface area contributed by atoms with Crippen LogP contribution in [0.15, 0.2) is 29.2 Å². The van der Waals surface area contributed by atoms with Gasteiger partial charge in [-0.2, -0.15) is 0 Å². The molecule has 2 aromatic rings. The number of nitrogens with one attached hydrogen (secondary N) is 1. The lowest BCUT2D eigenvalue weighted by Gasteiger charge is -2.15. The van der Waals surface area contributed by atoms with Gasteiger partial charge in [-0.15, -0.1) is 0 Å². The number of hydrogen-bond donors (Lipinski definition) is 2. The fraction of sp³-hybridized carbons (Fsp3) is 0.133. The Morgan fingerprint density at radius 1 is 0.962 bits per heavy atom. The molecule has 11 heteroatoms. The van der Waals surface area contributed by atoms with Gasteiger partial charge in [-0.3, -0.25) is 4.72 Å². The van der Waals surface area contributed by atoms with Gasteiger partial charge in [0, 0.05) is 6.07 Å². The largest absolute Gasteiger partial charge is 0.495 e. The van der Waals surface area contributed by atoms with Gasteiger partial charge in [0.2, 0.25) is 0 Å². The van der Waals surface area contributed by atoms with Crippen LogP contribution < -0.4 is 14.2 Å². The summed E-state index contributed by atoms with van der Waals surface area (Å²) in [5.74, 6) is -0.976. The predicted molar refractivity (Wildman–Crippen MR) is 98.8 cm³/mol. The number of methoxy groups -OCH3 is 2. The van der Waals surface area contributed by atoms with Gasteiger partial charge in [0.25, 0.3) is 10.0 Å². The van der Waals surface area contributed by atoms with Gasteiger partial charge >= 0.3 is 5.97 Å². The van der Waals surface area contributed by atoms with Crippen molar-refractivity contribution in [2.24, 2.45) is 0 Å². The zero-order chi connectivity index (χ0) is 19.6. The smallest absolute Gasteiger partial charge is 0.337 e. The summed E-state index contributed by atoms with van der Waals surface area (Å²) in [5, 5.41) is 8.82. The molecule has 2 N–H and O–H groups in total. The van der Waals surface area contributed by atoms with Crippen molar-refractivity contribution in [3.05, 3.63) is 44.9 Å². The van der Waals surface area contributed by atoms with Crippen molar-refractivity contribution in [2.75, 3.05) is 18.9 Å². The number of hydrogen-bond acceptors (Lipinski definition) is 5. The third kappa shape index (κ3) is 4.09. The number of anilines is 1. The lowest BCUT2D eigenvalue weighted by molar-refractivity contribution is 0.0697. The van der Waals surface area contributed by atoms with E-state index in [0.29, 0.717) is 0 Å². The van der Waals surface area contributed by atoms with Crippen molar-refractivity contribution in [1.29, 1.82) is 0 Å². The van der Waals surface area contributed by atoms with Gasteiger partial charge in [0.05, 0.1) is 40.5 Å². The topological polar surface area (TPSA) is 102 Å². The van der Waals surface area contributed by atoms with Gasteiger partial charge in [-0.25, -0.2) is 13.2 Å². The number of rotatable bonds is 6. The summed E-state index contributed by atoms with van der Waals surface area (Å²) in [6, 6.07) is 4.59. The minimum Gasteiger partial charge on any atom is -0.495 e. The lowest BCUT2D eigenvalue weighted by Crippen LogP contribution is -2.15. The molecule has 0 saturated heterocycles. The third-order valence-corrected chi connectivity index (χ3v) is 5.70. The van der Waals surface area contributed by atoms with Crippen molar-refractivity contribution in [3.63, 3.8) is 0 Å². The maximum absolute atomic E-state index is 12.7. The Morgan fingerprint density at radius 3 is 2.12 bits per heavy atom. The number of ether oxygens (including phenoxy) is 2. The Morgan fingerprint density at radius 2 is 1.58 bits per heavy atom. The van der Waals surface area contributed by atoms with Gasteiger partial charge in [0.1, 0.15) is 16.4 Å². The van der Waals surface area contributed by atoms with Crippen LogP contribution in [0, 0.1) is 0 Å². The maximum atomic E-state index is 12.7. The first-order valence-electron chi connectivity index (χ1n) is 6.77. The monoisotopic (exact) mass is 439 g/mol. The highest BCUT2D eigenvalue weighted by atomic mass is 35.5. The third-order valence-electron chi connectivity index (χ3n) is 3.26. The van der Waals surface area contributed by atoms with E-state index in [1.54, 1.807) is 0 Å². The van der Waals surface area contributed by atoms with Crippen LogP contribution in [0.1, 0.15) is 10.4 Å². The summed E-state index contributed by atoms with van der Waals surface area (Å²) in [4.78, 5) is 10.7. The molecule has 0 aliphatic rings. The van der Waals surface area contributed by atoms with E-state index in [4.69, 9.17) is 49.4 Å². The van der Waals surface area contributed by atoms with E-state index < -0.39 is 26.5 Å². The molecule has 7 nitrogen and oxygen atoms in total. The fourth-order valence-corrected chi connectivity index (χ4v) is 4.20. The minimum absolute atomic E-state index is 0.0150. The van der Waals surface area contributed by atoms with E-state index in [0.717, 1.165) is 12.1 Å². The first-order valence-corrected chi connectivity index (χ1v) is 9.39. The number of sulfonamides is 1. The number of benzene rings is 2. The average molecular weight is 441 g/mol. The predicted octanol–water partition coefficient (Wildman–Crippen LogP) is 4.16. The molecule has 0 saturated carbocycles. The SMILES string of the molecule is COc1cc(OC)c(NS(=O)(=O)c2cc(C(=O)O)c(Cl)cc2Cl)cc1Cl. The molecule has 0 aliphatic carbocycles. The Hall–Kier alpha value is -1.87. The Balaban J connectivity index is 2.55. The zero-order valence-corrected chi connectivity index (χ0v) is 16.4. The normalized spacial score (nSPS) is 11.1. The van der Waals surface area contributed by atoms with Crippen LogP contribution in [0.3, 0.4) is 0 Å². The molecule has 0 fully saturated rings. The van der Waals surface area contributed by atoms with Gasteiger partial charge < -0.3 is 14.6 Å². The number of aromatic carboxylic acids is 1. The van der Waals surface area contributed by atoms with E-state index in [9.17, 15) is 13.2 Å². The van der Waals surface area contributed by atoms with Crippen molar-refractivity contribution in [1.82, 2.24) is 0 Å². The van der Waals surface area contributed by atoms with Crippen LogP contribution in [-0.4, -0.2) is 33.7 Å². The average Bonchev–Trinajstić information content (AvgIpc) is 2.54. The second-order valence-electron chi connectivity index (χ2n) is 4.86. The summed E-state index contributed by atoms with van der Waals surface area (Å²) in [6.45, 7) is 0. The summed E-state index contributed by atoms with van der Waals surface area (Å²) >= 11 is 17.7. The van der Waals surface area contributed by atoms with Gasteiger partial charge in [-0.1, -0.05) is 34.8 Å². The molecule has 0 aliphatic heterocycles. The molecule has 26 heavy (non-hydrogen) atoms. The van der Waals surface area contributed by atoms with Crippen LogP contribution in [0.4, 0.5) is 5.69 Å². The molecule has 0 unspecified atom stereocenters. The van der Waals surface area contributed by atoms with E-state index in [1.165, 1.54) is 26.4 Å². The van der Waals surface area contributed by atoms with E-state index in [2.05, 4.69) is 4.72 Å². The van der Waals surface area contributed by atoms with Crippen LogP contribution >= 0.6 is 34.8 Å². The van der Waals surface area contributed by atoms with Crippen LogP contribution in [0.5, 0.6) is 11.5 Å². The van der Waals surface area contributed by atoms with Crippen LogP contribution in [0.2, 0.25) is 15.1 Å². The Labute approximate surface area is 164 Å². The molecule has 0 aromatic heterocycles. The molecule has 140 valence electrons. The first-order chi connectivity index (χ1) is 12.1. The van der Waals surface area contributed by atoms with Crippen LogP contribution in [-0.2, 0) is 10.0 Å². The summed E-state index contributed by atoms with van der Waals surface area (Å²) < 4.78 is 37.8. The quantitative estimate of drug-likeness (QED) is 0.699. The Kier molecular flexibility index (Phi) is 6.13. The molecule has 0 heterocycles. The molecule has 0 spiro atoms. The first kappa shape index (κ1) is 20.4. The standard InChI is InChI=1S/C15H12Cl3NO6S/c1-24-12-6-13(25-2)11(5-9(12)17)19-26(22,23)14-3-7(15(20)21)8(16)4-10(14)18/h3-6,19H,1-2H3,(H,20,21). The van der Waals surface area contributed by atoms with E-state index in [-0.39, 0.29) is 32.3 Å². The zero-order valence-electron chi connectivity index (χ0n) is 13.3. The molecule has 0 atom stereocenters. The molecular weight excluding hydrogens is 429 g/mol. The van der Waals surface area contributed by atoms with Crippen molar-refractivity contribution in [2.45, 2.75) is 4.90 Å². The highest BCUT2D eigenvalue weighted by molar-refractivity contribution is 7.92. The maximum Gasteiger partial charge on any atom is 0.337 e. The number of carbonyl (C=O) groups is 1. The molecule has 0 bridgehead atoms. The molecule has 2 aromatic carbocycles. The van der Waals surface area contributed by atoms with Crippen molar-refractivity contribution < 1.29 is 27.8 Å². The lowest BCUT2D eigenvalue weighted by atomic mass is 10.2. The van der Waals surface area contributed by atoms with Crippen molar-refractivity contribution in [3.8, 4) is 11.5 Å². The Bertz CT molecular complexity index is 978.